The van der Waals surface area contributed by atoms with Crippen molar-refractivity contribution >= 4 is 22.7 Å². The summed E-state index contributed by atoms with van der Waals surface area (Å²) in [7, 11) is 0. The minimum absolute atomic E-state index is 0.181. The predicted octanol–water partition coefficient (Wildman–Crippen LogP) is 11.6. The molecule has 6 aromatic carbocycles. The van der Waals surface area contributed by atoms with Gasteiger partial charge in [-0.3, -0.25) is 4.98 Å². The smallest absolute Gasteiger partial charge is 0.164 e. The Morgan fingerprint density at radius 2 is 1.06 bits per heavy atom. The first-order chi connectivity index (χ1) is 26.8. The van der Waals surface area contributed by atoms with Crippen LogP contribution in [0.1, 0.15) is 16.7 Å². The van der Waals surface area contributed by atoms with E-state index in [-0.39, 0.29) is 11.2 Å². The van der Waals surface area contributed by atoms with E-state index in [1.54, 1.807) is 0 Å². The van der Waals surface area contributed by atoms with Gasteiger partial charge >= 0.3 is 0 Å². The van der Waals surface area contributed by atoms with Crippen LogP contribution in [0, 0.1) is 5.92 Å². The molecule has 0 bridgehead atoms. The first-order valence-electron chi connectivity index (χ1n) is 18.4. The molecule has 8 aromatic rings. The van der Waals surface area contributed by atoms with Crippen LogP contribution in [0.5, 0.6) is 0 Å². The highest BCUT2D eigenvalue weighted by atomic mass is 32.2. The molecule has 2 aliphatic carbocycles. The lowest BCUT2D eigenvalue weighted by molar-refractivity contribution is 0.449. The Labute approximate surface area is 318 Å². The number of thioether (sulfide) groups is 1. The third kappa shape index (κ3) is 4.58. The van der Waals surface area contributed by atoms with Crippen LogP contribution in [0.2, 0.25) is 0 Å². The molecule has 0 saturated heterocycles. The standard InChI is InChI=1S/C49H32N4S/c1-3-15-31(16-4-1)46-51-47(32-17-5-2-6-18-32)53-48(52-46)36-21-12-26-40-45(36)44-35(33-19-13-27-41-34(33)22-14-30-50-41)20-11-25-39(44)49(40)37-23-7-9-28-42(37)54-43-29-10-8-24-38(43)49/h1-30,37,42H. The molecule has 0 amide bonds. The van der Waals surface area contributed by atoms with E-state index in [0.717, 1.165) is 33.2 Å². The van der Waals surface area contributed by atoms with Gasteiger partial charge in [0.2, 0.25) is 0 Å². The van der Waals surface area contributed by atoms with E-state index in [4.69, 9.17) is 19.9 Å². The van der Waals surface area contributed by atoms with E-state index in [2.05, 4.69) is 133 Å². The van der Waals surface area contributed by atoms with Gasteiger partial charge in [-0.1, -0.05) is 158 Å². The maximum atomic E-state index is 5.30. The van der Waals surface area contributed by atoms with Gasteiger partial charge in [0.25, 0.3) is 0 Å². The molecule has 254 valence electrons. The van der Waals surface area contributed by atoms with E-state index in [1.807, 2.05) is 60.4 Å². The average molecular weight is 709 g/mol. The van der Waals surface area contributed by atoms with Crippen LogP contribution < -0.4 is 0 Å². The third-order valence-corrected chi connectivity index (χ3v) is 12.6. The lowest BCUT2D eigenvalue weighted by Gasteiger charge is -2.47. The van der Waals surface area contributed by atoms with Gasteiger partial charge in [0, 0.05) is 44.3 Å². The molecule has 0 fully saturated rings. The van der Waals surface area contributed by atoms with E-state index < -0.39 is 5.41 Å². The van der Waals surface area contributed by atoms with Crippen LogP contribution in [-0.4, -0.2) is 25.2 Å². The summed E-state index contributed by atoms with van der Waals surface area (Å²) >= 11 is 1.97. The number of aromatic nitrogens is 4. The van der Waals surface area contributed by atoms with Crippen molar-refractivity contribution in [3.8, 4) is 56.4 Å². The molecule has 1 aliphatic heterocycles. The highest BCUT2D eigenvalue weighted by molar-refractivity contribution is 8.00. The zero-order chi connectivity index (χ0) is 35.6. The summed E-state index contributed by atoms with van der Waals surface area (Å²) < 4.78 is 0. The summed E-state index contributed by atoms with van der Waals surface area (Å²) in [6, 6.07) is 53.9. The Bertz CT molecular complexity index is 2770. The van der Waals surface area contributed by atoms with Crippen LogP contribution in [0.15, 0.2) is 187 Å². The Balaban J connectivity index is 1.28. The molecular formula is C49H32N4S. The zero-order valence-corrected chi connectivity index (χ0v) is 30.0. The number of allylic oxidation sites excluding steroid dienone is 3. The molecule has 0 saturated carbocycles. The fourth-order valence-electron chi connectivity index (χ4n) is 9.08. The fraction of sp³-hybridized carbons (Fsp3) is 0.0612. The molecule has 5 heteroatoms. The van der Waals surface area contributed by atoms with Gasteiger partial charge in [-0.15, -0.1) is 11.8 Å². The van der Waals surface area contributed by atoms with E-state index >= 15 is 0 Å². The molecule has 2 aromatic heterocycles. The first kappa shape index (κ1) is 31.1. The molecule has 4 nitrogen and oxygen atoms in total. The van der Waals surface area contributed by atoms with Crippen molar-refractivity contribution in [1.29, 1.82) is 0 Å². The van der Waals surface area contributed by atoms with E-state index in [0.29, 0.717) is 17.5 Å². The number of hydrogen-bond donors (Lipinski definition) is 0. The van der Waals surface area contributed by atoms with Crippen LogP contribution in [0.3, 0.4) is 0 Å². The summed E-state index contributed by atoms with van der Waals surface area (Å²) in [4.78, 5) is 21.7. The molecule has 0 N–H and O–H groups in total. The van der Waals surface area contributed by atoms with Crippen molar-refractivity contribution in [2.75, 3.05) is 0 Å². The first-order valence-corrected chi connectivity index (χ1v) is 19.3. The summed E-state index contributed by atoms with van der Waals surface area (Å²) in [6.45, 7) is 0. The van der Waals surface area contributed by atoms with Crippen LogP contribution in [-0.2, 0) is 5.41 Å². The van der Waals surface area contributed by atoms with Gasteiger partial charge in [0.15, 0.2) is 17.5 Å². The fourth-order valence-corrected chi connectivity index (χ4v) is 10.5. The minimum Gasteiger partial charge on any atom is -0.256 e. The van der Waals surface area contributed by atoms with Crippen molar-refractivity contribution in [3.05, 3.63) is 199 Å². The molecule has 3 heterocycles. The molecule has 3 atom stereocenters. The van der Waals surface area contributed by atoms with Crippen molar-refractivity contribution in [3.63, 3.8) is 0 Å². The van der Waals surface area contributed by atoms with Crippen LogP contribution in [0.4, 0.5) is 0 Å². The van der Waals surface area contributed by atoms with Crippen LogP contribution in [0.25, 0.3) is 67.3 Å². The lowest BCUT2D eigenvalue weighted by atomic mass is 9.61. The maximum Gasteiger partial charge on any atom is 0.164 e. The molecule has 3 aliphatic rings. The van der Waals surface area contributed by atoms with E-state index in [1.165, 1.54) is 38.3 Å². The van der Waals surface area contributed by atoms with Gasteiger partial charge in [0.05, 0.1) is 10.9 Å². The topological polar surface area (TPSA) is 51.6 Å². The summed E-state index contributed by atoms with van der Waals surface area (Å²) in [5.41, 5.74) is 12.1. The number of nitrogens with zero attached hydrogens (tertiary/aromatic N) is 4. The lowest BCUT2D eigenvalue weighted by Crippen LogP contribution is -2.43. The van der Waals surface area contributed by atoms with Gasteiger partial charge in [0.1, 0.15) is 0 Å². The van der Waals surface area contributed by atoms with Gasteiger partial charge in [-0.05, 0) is 57.1 Å². The Kier molecular flexibility index (Phi) is 7.11. The Morgan fingerprint density at radius 3 is 1.81 bits per heavy atom. The van der Waals surface area contributed by atoms with Crippen molar-refractivity contribution in [2.24, 2.45) is 5.92 Å². The predicted molar refractivity (Wildman–Crippen MR) is 220 cm³/mol. The SMILES string of the molecule is C1=CC2Sc3ccccc3C3(c4cccc(-c5nc(-c6ccccc6)nc(-c6ccccc6)n5)c4-c4c(-c5cccc6ncccc56)cccc43)C2C=C1. The molecular weight excluding hydrogens is 677 g/mol. The van der Waals surface area contributed by atoms with Gasteiger partial charge in [-0.2, -0.15) is 0 Å². The quantitative estimate of drug-likeness (QED) is 0.182. The van der Waals surface area contributed by atoms with Crippen LogP contribution >= 0.6 is 11.8 Å². The number of rotatable bonds is 4. The number of fused-ring (bicyclic) bond motifs is 10. The monoisotopic (exact) mass is 708 g/mol. The average Bonchev–Trinajstić information content (AvgIpc) is 3.55. The highest BCUT2D eigenvalue weighted by Gasteiger charge is 2.56. The number of hydrogen-bond acceptors (Lipinski definition) is 5. The summed E-state index contributed by atoms with van der Waals surface area (Å²) in [5, 5.41) is 1.40. The highest BCUT2D eigenvalue weighted by Crippen LogP contribution is 2.66. The summed E-state index contributed by atoms with van der Waals surface area (Å²) in [5.74, 6) is 2.14. The summed E-state index contributed by atoms with van der Waals surface area (Å²) in [6.07, 6.45) is 11.2. The molecule has 0 radical (unpaired) electrons. The number of pyridine rings is 1. The second-order valence-electron chi connectivity index (χ2n) is 14.1. The molecule has 1 spiro atoms. The number of benzene rings is 6. The molecule has 54 heavy (non-hydrogen) atoms. The maximum absolute atomic E-state index is 5.30. The molecule has 11 rings (SSSR count). The second-order valence-corrected chi connectivity index (χ2v) is 15.3. The zero-order valence-electron chi connectivity index (χ0n) is 29.2. The van der Waals surface area contributed by atoms with Crippen molar-refractivity contribution in [2.45, 2.75) is 15.6 Å². The third-order valence-electron chi connectivity index (χ3n) is 11.3. The van der Waals surface area contributed by atoms with E-state index in [9.17, 15) is 0 Å². The largest absolute Gasteiger partial charge is 0.256 e. The van der Waals surface area contributed by atoms with Crippen molar-refractivity contribution in [1.82, 2.24) is 19.9 Å². The Hall–Kier alpha value is -6.43. The van der Waals surface area contributed by atoms with Crippen molar-refractivity contribution < 1.29 is 0 Å². The Morgan fingerprint density at radius 1 is 0.463 bits per heavy atom. The van der Waals surface area contributed by atoms with Gasteiger partial charge in [-0.25, -0.2) is 15.0 Å². The normalized spacial score (nSPS) is 19.0. The second kappa shape index (κ2) is 12.3. The molecule has 3 unspecified atom stereocenters. The van der Waals surface area contributed by atoms with Gasteiger partial charge < -0.3 is 0 Å². The minimum atomic E-state index is -0.454.